The molecule has 2 rings (SSSR count). The van der Waals surface area contributed by atoms with Crippen molar-refractivity contribution < 1.29 is 9.90 Å². The summed E-state index contributed by atoms with van der Waals surface area (Å²) in [7, 11) is 0. The van der Waals surface area contributed by atoms with E-state index in [1.165, 1.54) is 12.3 Å². The van der Waals surface area contributed by atoms with E-state index in [0.29, 0.717) is 10.9 Å². The third-order valence-corrected chi connectivity index (χ3v) is 2.43. The number of carboxylic acid groups (broad SMARTS) is 1. The molecule has 1 heterocycles. The van der Waals surface area contributed by atoms with E-state index in [0.717, 1.165) is 4.47 Å². The third-order valence-electron chi connectivity index (χ3n) is 1.94. The molecule has 7 heteroatoms. The zero-order valence-electron chi connectivity index (χ0n) is 8.46. The highest BCUT2D eigenvalue weighted by Crippen LogP contribution is 2.20. The second-order valence-electron chi connectivity index (χ2n) is 2.93. The van der Waals surface area contributed by atoms with Crippen molar-refractivity contribution in [2.45, 2.75) is 0 Å². The molecule has 0 spiro atoms. The average molecular weight is 295 g/mol. The van der Waals surface area contributed by atoms with Crippen LogP contribution >= 0.6 is 15.9 Å². The van der Waals surface area contributed by atoms with Gasteiger partial charge in [0.15, 0.2) is 0 Å². The molecular formula is C10H7BrN4O2. The highest BCUT2D eigenvalue weighted by molar-refractivity contribution is 9.10. The van der Waals surface area contributed by atoms with E-state index in [-0.39, 0.29) is 5.56 Å². The number of halogens is 1. The Kier molecular flexibility index (Phi) is 4.45. The zero-order chi connectivity index (χ0) is 12.8. The van der Waals surface area contributed by atoms with Gasteiger partial charge < -0.3 is 5.11 Å². The van der Waals surface area contributed by atoms with Gasteiger partial charge >= 0.3 is 5.97 Å². The molecule has 0 amide bonds. The van der Waals surface area contributed by atoms with Gasteiger partial charge in [-0.15, -0.1) is 5.53 Å². The zero-order valence-corrected chi connectivity index (χ0v) is 10.0. The number of hydrogen-bond donors (Lipinski definition) is 2. The van der Waals surface area contributed by atoms with Crippen LogP contribution < -0.4 is 0 Å². The Morgan fingerprint density at radius 3 is 2.71 bits per heavy atom. The van der Waals surface area contributed by atoms with E-state index >= 15 is 0 Å². The normalized spacial score (nSPS) is 9.00. The van der Waals surface area contributed by atoms with E-state index in [1.54, 1.807) is 23.1 Å². The van der Waals surface area contributed by atoms with Crippen LogP contribution in [-0.4, -0.2) is 16.1 Å². The molecule has 1 aromatic heterocycles. The molecule has 17 heavy (non-hydrogen) atoms. The minimum Gasteiger partial charge on any atom is -0.478 e. The maximum atomic E-state index is 10.9. The highest BCUT2D eigenvalue weighted by Gasteiger charge is 2.08. The summed E-state index contributed by atoms with van der Waals surface area (Å²) in [5, 5.41) is 9.57. The first-order valence-electron chi connectivity index (χ1n) is 4.38. The Morgan fingerprint density at radius 1 is 1.47 bits per heavy atom. The molecule has 0 saturated carbocycles. The van der Waals surface area contributed by atoms with Crippen molar-refractivity contribution >= 4 is 32.8 Å². The fraction of sp³-hybridized carbons (Fsp3) is 0. The molecule has 0 atom stereocenters. The maximum absolute atomic E-state index is 10.9. The number of rotatable bonds is 1. The number of nitrogens with one attached hydrogen (secondary N) is 1. The molecule has 2 N–H and O–H groups in total. The summed E-state index contributed by atoms with van der Waals surface area (Å²) in [4.78, 5) is 16.7. The Bertz CT molecular complexity index is 594. The van der Waals surface area contributed by atoms with E-state index in [4.69, 9.17) is 16.2 Å². The number of fused-ring (bicyclic) bond motifs is 1. The van der Waals surface area contributed by atoms with Gasteiger partial charge in [0.05, 0.1) is 11.1 Å². The van der Waals surface area contributed by atoms with Crippen molar-refractivity contribution in [1.82, 2.24) is 4.98 Å². The first-order valence-corrected chi connectivity index (χ1v) is 5.18. The van der Waals surface area contributed by atoms with E-state index in [9.17, 15) is 4.79 Å². The molecule has 0 fully saturated rings. The van der Waals surface area contributed by atoms with Crippen LogP contribution in [0.3, 0.4) is 0 Å². The minimum absolute atomic E-state index is 0.280. The highest BCUT2D eigenvalue weighted by atomic mass is 79.9. The lowest BCUT2D eigenvalue weighted by Crippen LogP contribution is -1.97. The number of carboxylic acids is 1. The molecule has 0 bridgehead atoms. The molecule has 0 radical (unpaired) electrons. The monoisotopic (exact) mass is 294 g/mol. The topological polar surface area (TPSA) is 110 Å². The first-order chi connectivity index (χ1) is 8.10. The Balaban J connectivity index is 0.000000437. The number of nitrogens with zero attached hydrogens (tertiary/aromatic N) is 3. The Labute approximate surface area is 104 Å². The quantitative estimate of drug-likeness (QED) is 0.476. The lowest BCUT2D eigenvalue weighted by atomic mass is 10.1. The smallest absolute Gasteiger partial charge is 0.336 e. The van der Waals surface area contributed by atoms with Crippen LogP contribution in [0, 0.1) is 5.53 Å². The number of aromatic nitrogens is 1. The van der Waals surface area contributed by atoms with Crippen LogP contribution in [0.2, 0.25) is 0 Å². The van der Waals surface area contributed by atoms with Crippen LogP contribution in [0.4, 0.5) is 0 Å². The van der Waals surface area contributed by atoms with Crippen molar-refractivity contribution in [3.05, 3.63) is 50.9 Å². The number of pyridine rings is 1. The lowest BCUT2D eigenvalue weighted by molar-refractivity contribution is 0.0699. The van der Waals surface area contributed by atoms with E-state index in [1.807, 2.05) is 0 Å². The van der Waals surface area contributed by atoms with E-state index in [2.05, 4.69) is 20.9 Å². The van der Waals surface area contributed by atoms with Crippen LogP contribution in [0.25, 0.3) is 21.3 Å². The van der Waals surface area contributed by atoms with Gasteiger partial charge in [-0.1, -0.05) is 22.0 Å². The number of carbonyl (C=O) groups is 1. The molecule has 0 aliphatic carbocycles. The fourth-order valence-electron chi connectivity index (χ4n) is 1.31. The SMILES string of the molecule is O=C(O)c1ccnc2cc(Br)ccc12.[N-]=[N+]=N. The maximum Gasteiger partial charge on any atom is 0.336 e. The average Bonchev–Trinajstić information content (AvgIpc) is 2.28. The first kappa shape index (κ1) is 13.0. The predicted molar refractivity (Wildman–Crippen MR) is 65.8 cm³/mol. The van der Waals surface area contributed by atoms with Gasteiger partial charge in [-0.3, -0.25) is 4.98 Å². The fourth-order valence-corrected chi connectivity index (χ4v) is 1.66. The molecule has 0 aliphatic rings. The van der Waals surface area contributed by atoms with Gasteiger partial charge in [0.25, 0.3) is 0 Å². The van der Waals surface area contributed by atoms with Crippen molar-refractivity contribution in [3.63, 3.8) is 0 Å². The second-order valence-corrected chi connectivity index (χ2v) is 3.84. The summed E-state index contributed by atoms with van der Waals surface area (Å²) < 4.78 is 0.889. The second kappa shape index (κ2) is 5.83. The van der Waals surface area contributed by atoms with Crippen molar-refractivity contribution in [2.75, 3.05) is 0 Å². The summed E-state index contributed by atoms with van der Waals surface area (Å²) in [6.07, 6.45) is 1.50. The van der Waals surface area contributed by atoms with Crippen LogP contribution in [0.5, 0.6) is 0 Å². The summed E-state index contributed by atoms with van der Waals surface area (Å²) in [5.41, 5.74) is 13.2. The van der Waals surface area contributed by atoms with E-state index < -0.39 is 5.97 Å². The summed E-state index contributed by atoms with van der Waals surface area (Å²) in [6, 6.07) is 6.84. The standard InChI is InChI=1S/C10H6BrNO2.HN3/c11-6-1-2-7-8(10(13)14)3-4-12-9(7)5-6;1-3-2/h1-5H,(H,13,14);1H. The third kappa shape index (κ3) is 3.17. The molecule has 1 aromatic carbocycles. The van der Waals surface area contributed by atoms with Crippen molar-refractivity contribution in [2.24, 2.45) is 0 Å². The van der Waals surface area contributed by atoms with Gasteiger partial charge in [0, 0.05) is 16.1 Å². The molecule has 6 nitrogen and oxygen atoms in total. The summed E-state index contributed by atoms with van der Waals surface area (Å²) in [6.45, 7) is 0. The molecule has 0 unspecified atom stereocenters. The van der Waals surface area contributed by atoms with Crippen molar-refractivity contribution in [3.8, 4) is 0 Å². The predicted octanol–water partition coefficient (Wildman–Crippen LogP) is 3.57. The number of aromatic carboxylic acids is 1. The van der Waals surface area contributed by atoms with Gasteiger partial charge in [-0.05, 0) is 28.6 Å². The molecular weight excluding hydrogens is 288 g/mol. The number of benzene rings is 1. The molecule has 2 aromatic rings. The largest absolute Gasteiger partial charge is 0.478 e. The molecule has 86 valence electrons. The Morgan fingerprint density at radius 2 is 2.12 bits per heavy atom. The van der Waals surface area contributed by atoms with Crippen LogP contribution in [-0.2, 0) is 0 Å². The van der Waals surface area contributed by atoms with Gasteiger partial charge in [-0.25, -0.2) is 4.79 Å². The van der Waals surface area contributed by atoms with Gasteiger partial charge in [-0.2, -0.15) is 0 Å². The van der Waals surface area contributed by atoms with Crippen molar-refractivity contribution in [1.29, 1.82) is 5.53 Å². The number of hydrogen-bond acceptors (Lipinski definition) is 3. The van der Waals surface area contributed by atoms with Crippen LogP contribution in [0.1, 0.15) is 10.4 Å². The molecule has 0 aliphatic heterocycles. The Hall–Kier alpha value is -2.11. The lowest BCUT2D eigenvalue weighted by Gasteiger charge is -2.01. The van der Waals surface area contributed by atoms with Gasteiger partial charge in [0.2, 0.25) is 0 Å². The van der Waals surface area contributed by atoms with Crippen LogP contribution in [0.15, 0.2) is 34.9 Å². The summed E-state index contributed by atoms with van der Waals surface area (Å²) >= 11 is 3.31. The summed E-state index contributed by atoms with van der Waals surface area (Å²) in [5.74, 6) is -0.931. The minimum atomic E-state index is -0.931. The van der Waals surface area contributed by atoms with Gasteiger partial charge in [0.1, 0.15) is 0 Å². The molecule has 0 saturated heterocycles.